The zero-order valence-corrected chi connectivity index (χ0v) is 17.0. The number of nitrogens with zero attached hydrogens (tertiary/aromatic N) is 6. The van der Waals surface area contributed by atoms with Gasteiger partial charge in [0.1, 0.15) is 0 Å². The highest BCUT2D eigenvalue weighted by atomic mass is 32.2. The van der Waals surface area contributed by atoms with Gasteiger partial charge in [-0.05, 0) is 24.3 Å². The second-order valence-corrected chi connectivity index (χ2v) is 8.10. The summed E-state index contributed by atoms with van der Waals surface area (Å²) in [6, 6.07) is 18.5. The Morgan fingerprint density at radius 2 is 1.62 bits per heavy atom. The maximum atomic E-state index is 12.8. The van der Waals surface area contributed by atoms with Crippen LogP contribution >= 0.6 is 11.8 Å². The molecule has 1 amide bonds. The molecular formula is C21H22N6OS. The monoisotopic (exact) mass is 406 g/mol. The number of amides is 1. The van der Waals surface area contributed by atoms with Crippen LogP contribution in [0.3, 0.4) is 0 Å². The summed E-state index contributed by atoms with van der Waals surface area (Å²) in [6.45, 7) is 3.22. The van der Waals surface area contributed by atoms with Gasteiger partial charge in [-0.25, -0.2) is 0 Å². The number of carbonyl (C=O) groups is 1. The highest BCUT2D eigenvalue weighted by Gasteiger charge is 2.22. The lowest BCUT2D eigenvalue weighted by Crippen LogP contribution is -2.49. The molecule has 148 valence electrons. The summed E-state index contributed by atoms with van der Waals surface area (Å²) in [5.41, 5.74) is 3.37. The number of piperazine rings is 1. The Labute approximate surface area is 172 Å². The van der Waals surface area contributed by atoms with Gasteiger partial charge < -0.3 is 14.4 Å². The van der Waals surface area contributed by atoms with Crippen molar-refractivity contribution in [3.63, 3.8) is 0 Å². The highest BCUT2D eigenvalue weighted by molar-refractivity contribution is 7.99. The van der Waals surface area contributed by atoms with E-state index < -0.39 is 0 Å². The molecule has 1 saturated heterocycles. The van der Waals surface area contributed by atoms with Crippen LogP contribution in [-0.2, 0) is 11.8 Å². The van der Waals surface area contributed by atoms with Crippen molar-refractivity contribution in [2.45, 2.75) is 5.16 Å². The average Bonchev–Trinajstić information content (AvgIpc) is 3.32. The molecule has 0 spiro atoms. The Hall–Kier alpha value is -3.00. The van der Waals surface area contributed by atoms with Crippen LogP contribution in [0.4, 0.5) is 5.69 Å². The molecule has 2 aromatic heterocycles. The predicted molar refractivity (Wildman–Crippen MR) is 115 cm³/mol. The van der Waals surface area contributed by atoms with E-state index in [9.17, 15) is 4.79 Å². The molecule has 1 aliphatic heterocycles. The minimum Gasteiger partial charge on any atom is -0.368 e. The molecule has 0 aliphatic carbocycles. The zero-order chi connectivity index (χ0) is 19.8. The van der Waals surface area contributed by atoms with Crippen molar-refractivity contribution in [2.24, 2.45) is 7.05 Å². The summed E-state index contributed by atoms with van der Waals surface area (Å²) >= 11 is 1.45. The van der Waals surface area contributed by atoms with E-state index in [1.54, 1.807) is 0 Å². The molecular weight excluding hydrogens is 384 g/mol. The predicted octanol–water partition coefficient (Wildman–Crippen LogP) is 2.66. The summed E-state index contributed by atoms with van der Waals surface area (Å²) < 4.78 is 4.05. The van der Waals surface area contributed by atoms with E-state index in [2.05, 4.69) is 51.5 Å². The minimum atomic E-state index is 0.152. The van der Waals surface area contributed by atoms with Crippen LogP contribution in [0.25, 0.3) is 16.8 Å². The van der Waals surface area contributed by atoms with Crippen molar-refractivity contribution < 1.29 is 4.79 Å². The van der Waals surface area contributed by atoms with Crippen LogP contribution in [0, 0.1) is 0 Å². The molecule has 2 aromatic carbocycles. The summed E-state index contributed by atoms with van der Waals surface area (Å²) in [5, 5.41) is 9.38. The molecule has 29 heavy (non-hydrogen) atoms. The molecule has 0 N–H and O–H groups in total. The summed E-state index contributed by atoms with van der Waals surface area (Å²) in [7, 11) is 1.98. The first-order valence-corrected chi connectivity index (χ1v) is 10.7. The van der Waals surface area contributed by atoms with E-state index in [0.29, 0.717) is 5.75 Å². The fraction of sp³-hybridized carbons (Fsp3) is 0.286. The normalized spacial score (nSPS) is 14.8. The number of rotatable bonds is 4. The quantitative estimate of drug-likeness (QED) is 0.488. The lowest BCUT2D eigenvalue weighted by molar-refractivity contribution is -0.128. The van der Waals surface area contributed by atoms with Crippen LogP contribution in [0.1, 0.15) is 0 Å². The lowest BCUT2D eigenvalue weighted by Gasteiger charge is -2.36. The van der Waals surface area contributed by atoms with E-state index in [1.807, 2.05) is 39.1 Å². The van der Waals surface area contributed by atoms with E-state index in [-0.39, 0.29) is 5.91 Å². The molecule has 0 radical (unpaired) electrons. The van der Waals surface area contributed by atoms with Crippen LogP contribution in [0.2, 0.25) is 0 Å². The van der Waals surface area contributed by atoms with Gasteiger partial charge in [-0.2, -0.15) is 0 Å². The van der Waals surface area contributed by atoms with Gasteiger partial charge in [-0.15, -0.1) is 10.2 Å². The summed E-state index contributed by atoms with van der Waals surface area (Å²) in [6.07, 6.45) is 0. The summed E-state index contributed by atoms with van der Waals surface area (Å²) in [5.74, 6) is 1.31. The Kier molecular flexibility index (Phi) is 4.63. The lowest BCUT2D eigenvalue weighted by atomic mass is 10.2. The summed E-state index contributed by atoms with van der Waals surface area (Å²) in [4.78, 5) is 17.0. The SMILES string of the molecule is Cn1c2ccccc2n2c(SCC(=O)N3CCN(c4ccccc4)CC3)nnc12. The molecule has 0 atom stereocenters. The van der Waals surface area contributed by atoms with Crippen molar-refractivity contribution in [1.82, 2.24) is 24.1 Å². The fourth-order valence-electron chi connectivity index (χ4n) is 3.90. The van der Waals surface area contributed by atoms with Crippen LogP contribution < -0.4 is 4.90 Å². The maximum Gasteiger partial charge on any atom is 0.236 e. The third-order valence-electron chi connectivity index (χ3n) is 5.48. The maximum absolute atomic E-state index is 12.8. The number of aryl methyl sites for hydroxylation is 1. The minimum absolute atomic E-state index is 0.152. The fourth-order valence-corrected chi connectivity index (χ4v) is 4.74. The third-order valence-corrected chi connectivity index (χ3v) is 6.39. The Morgan fingerprint density at radius 3 is 2.38 bits per heavy atom. The van der Waals surface area contributed by atoms with Crippen molar-refractivity contribution >= 4 is 40.2 Å². The van der Waals surface area contributed by atoms with Gasteiger partial charge in [0.25, 0.3) is 0 Å². The first-order valence-electron chi connectivity index (χ1n) is 9.71. The Morgan fingerprint density at radius 1 is 0.931 bits per heavy atom. The zero-order valence-electron chi connectivity index (χ0n) is 16.2. The average molecular weight is 407 g/mol. The molecule has 3 heterocycles. The standard InChI is InChI=1S/C21H22N6OS/c1-24-17-9-5-6-10-18(17)27-20(24)22-23-21(27)29-15-19(28)26-13-11-25(12-14-26)16-7-3-2-4-8-16/h2-10H,11-15H2,1H3. The second kappa shape index (κ2) is 7.44. The van der Waals surface area contributed by atoms with Crippen LogP contribution in [0.5, 0.6) is 0 Å². The largest absolute Gasteiger partial charge is 0.368 e. The van der Waals surface area contributed by atoms with E-state index >= 15 is 0 Å². The number of thioether (sulfide) groups is 1. The van der Waals surface area contributed by atoms with Gasteiger partial charge in [0.2, 0.25) is 11.7 Å². The van der Waals surface area contributed by atoms with Crippen molar-refractivity contribution in [3.8, 4) is 0 Å². The molecule has 0 saturated carbocycles. The first kappa shape index (κ1) is 18.1. The molecule has 5 rings (SSSR count). The number of anilines is 1. The van der Waals surface area contributed by atoms with Crippen molar-refractivity contribution in [2.75, 3.05) is 36.8 Å². The van der Waals surface area contributed by atoms with Crippen LogP contribution in [0.15, 0.2) is 59.8 Å². The molecule has 1 fully saturated rings. The van der Waals surface area contributed by atoms with Gasteiger partial charge in [0, 0.05) is 38.9 Å². The molecule has 8 heteroatoms. The number of hydrogen-bond acceptors (Lipinski definition) is 5. The molecule has 4 aromatic rings. The number of carbonyl (C=O) groups excluding carboxylic acids is 1. The van der Waals surface area contributed by atoms with Gasteiger partial charge in [-0.1, -0.05) is 42.1 Å². The molecule has 0 unspecified atom stereocenters. The number of hydrogen-bond donors (Lipinski definition) is 0. The molecule has 1 aliphatic rings. The van der Waals surface area contributed by atoms with Crippen LogP contribution in [-0.4, -0.2) is 61.9 Å². The number of benzene rings is 2. The second-order valence-electron chi connectivity index (χ2n) is 7.16. The van der Waals surface area contributed by atoms with Gasteiger partial charge in [-0.3, -0.25) is 9.20 Å². The first-order chi connectivity index (χ1) is 14.2. The highest BCUT2D eigenvalue weighted by Crippen LogP contribution is 2.25. The molecule has 7 nitrogen and oxygen atoms in total. The van der Waals surface area contributed by atoms with Gasteiger partial charge in [0.05, 0.1) is 16.8 Å². The number of fused-ring (bicyclic) bond motifs is 3. The van der Waals surface area contributed by atoms with E-state index in [0.717, 1.165) is 48.1 Å². The number of aromatic nitrogens is 4. The Bertz CT molecular complexity index is 1160. The third kappa shape index (κ3) is 3.23. The number of para-hydroxylation sites is 3. The van der Waals surface area contributed by atoms with E-state index in [1.165, 1.54) is 17.4 Å². The number of imidazole rings is 1. The smallest absolute Gasteiger partial charge is 0.236 e. The van der Waals surface area contributed by atoms with Gasteiger partial charge in [0.15, 0.2) is 5.16 Å². The van der Waals surface area contributed by atoms with E-state index in [4.69, 9.17) is 0 Å². The topological polar surface area (TPSA) is 58.7 Å². The van der Waals surface area contributed by atoms with Crippen molar-refractivity contribution in [1.29, 1.82) is 0 Å². The van der Waals surface area contributed by atoms with Crippen molar-refractivity contribution in [3.05, 3.63) is 54.6 Å². The van der Waals surface area contributed by atoms with Gasteiger partial charge >= 0.3 is 0 Å². The molecule has 0 bridgehead atoms. The Balaban J connectivity index is 1.25.